The molecule has 0 bridgehead atoms. The predicted molar refractivity (Wildman–Crippen MR) is 105 cm³/mol. The van der Waals surface area contributed by atoms with Crippen molar-refractivity contribution in [3.63, 3.8) is 0 Å². The van der Waals surface area contributed by atoms with Crippen LogP contribution in [0.15, 0.2) is 42.5 Å². The minimum absolute atomic E-state index is 0.123. The zero-order chi connectivity index (χ0) is 18.1. The van der Waals surface area contributed by atoms with Crippen LogP contribution < -0.4 is 4.74 Å². The highest BCUT2D eigenvalue weighted by Crippen LogP contribution is 2.29. The molecule has 1 saturated heterocycles. The van der Waals surface area contributed by atoms with Gasteiger partial charge in [-0.3, -0.25) is 4.79 Å². The lowest BCUT2D eigenvalue weighted by atomic mass is 10.0. The number of aryl methyl sites for hydroxylation is 2. The van der Waals surface area contributed by atoms with Crippen molar-refractivity contribution < 1.29 is 9.53 Å². The maximum Gasteiger partial charge on any atom is 0.274 e. The standard InChI is InChI=1S/C21H22N2O2S/c1-14-7-8-15(2)17(13-14)20(24)23-11-9-16(10-12-23)25-21-22-18-5-3-4-6-19(18)26-21/h3-8,13,16H,9-12H2,1-2H3. The first kappa shape index (κ1) is 17.0. The topological polar surface area (TPSA) is 42.4 Å². The maximum atomic E-state index is 12.8. The van der Waals surface area contributed by atoms with E-state index in [1.165, 1.54) is 0 Å². The Kier molecular flexibility index (Phi) is 4.64. The number of carbonyl (C=O) groups is 1. The molecule has 0 saturated carbocycles. The van der Waals surface area contributed by atoms with Crippen LogP contribution in [0.4, 0.5) is 0 Å². The first-order valence-electron chi connectivity index (χ1n) is 8.99. The second kappa shape index (κ2) is 7.08. The summed E-state index contributed by atoms with van der Waals surface area (Å²) in [7, 11) is 0. The van der Waals surface area contributed by atoms with E-state index in [4.69, 9.17) is 4.74 Å². The number of ether oxygens (including phenoxy) is 1. The van der Waals surface area contributed by atoms with E-state index in [1.807, 2.05) is 55.1 Å². The maximum absolute atomic E-state index is 12.8. The highest BCUT2D eigenvalue weighted by atomic mass is 32.1. The molecule has 3 aromatic rings. The number of hydrogen-bond acceptors (Lipinski definition) is 4. The first-order chi connectivity index (χ1) is 12.6. The Balaban J connectivity index is 1.39. The third-order valence-electron chi connectivity index (χ3n) is 4.89. The second-order valence-electron chi connectivity index (χ2n) is 6.88. The number of para-hydroxylation sites is 1. The van der Waals surface area contributed by atoms with Crippen molar-refractivity contribution in [2.75, 3.05) is 13.1 Å². The van der Waals surface area contributed by atoms with Gasteiger partial charge in [-0.25, -0.2) is 4.98 Å². The van der Waals surface area contributed by atoms with E-state index < -0.39 is 0 Å². The third-order valence-corrected chi connectivity index (χ3v) is 5.82. The summed E-state index contributed by atoms with van der Waals surface area (Å²) in [5.41, 5.74) is 3.95. The van der Waals surface area contributed by atoms with Crippen LogP contribution in [0.25, 0.3) is 10.2 Å². The summed E-state index contributed by atoms with van der Waals surface area (Å²) in [6.07, 6.45) is 1.80. The molecule has 2 aromatic carbocycles. The van der Waals surface area contributed by atoms with Gasteiger partial charge >= 0.3 is 0 Å². The molecule has 1 fully saturated rings. The summed E-state index contributed by atoms with van der Waals surface area (Å²) >= 11 is 1.58. The number of benzene rings is 2. The van der Waals surface area contributed by atoms with E-state index in [0.29, 0.717) is 0 Å². The Labute approximate surface area is 157 Å². The molecular formula is C21H22N2O2S. The Hall–Kier alpha value is -2.40. The summed E-state index contributed by atoms with van der Waals surface area (Å²) in [5, 5.41) is 0.727. The molecular weight excluding hydrogens is 344 g/mol. The van der Waals surface area contributed by atoms with Gasteiger partial charge in [0, 0.05) is 31.5 Å². The lowest BCUT2D eigenvalue weighted by Crippen LogP contribution is -2.42. The molecule has 0 spiro atoms. The molecule has 0 atom stereocenters. The number of hydrogen-bond donors (Lipinski definition) is 0. The van der Waals surface area contributed by atoms with Crippen molar-refractivity contribution in [2.24, 2.45) is 0 Å². The van der Waals surface area contributed by atoms with Crippen LogP contribution in [0, 0.1) is 13.8 Å². The van der Waals surface area contributed by atoms with Crippen molar-refractivity contribution in [3.8, 4) is 5.19 Å². The molecule has 1 aromatic heterocycles. The Morgan fingerprint density at radius 1 is 1.15 bits per heavy atom. The molecule has 4 rings (SSSR count). The lowest BCUT2D eigenvalue weighted by molar-refractivity contribution is 0.0595. The largest absolute Gasteiger partial charge is 0.467 e. The highest BCUT2D eigenvalue weighted by Gasteiger charge is 2.26. The molecule has 1 aliphatic rings. The van der Waals surface area contributed by atoms with Crippen molar-refractivity contribution in [1.82, 2.24) is 9.88 Å². The van der Waals surface area contributed by atoms with Gasteiger partial charge in [-0.05, 0) is 37.6 Å². The van der Waals surface area contributed by atoms with E-state index in [2.05, 4.69) is 11.1 Å². The molecule has 2 heterocycles. The summed E-state index contributed by atoms with van der Waals surface area (Å²) in [4.78, 5) is 19.3. The van der Waals surface area contributed by atoms with Gasteiger partial charge < -0.3 is 9.64 Å². The van der Waals surface area contributed by atoms with Gasteiger partial charge in [0.25, 0.3) is 11.1 Å². The van der Waals surface area contributed by atoms with Gasteiger partial charge in [-0.1, -0.05) is 41.2 Å². The molecule has 0 unspecified atom stereocenters. The van der Waals surface area contributed by atoms with Crippen LogP contribution in [-0.2, 0) is 0 Å². The minimum atomic E-state index is 0.123. The van der Waals surface area contributed by atoms with Gasteiger partial charge in [0.2, 0.25) is 0 Å². The molecule has 5 heteroatoms. The fourth-order valence-corrected chi connectivity index (χ4v) is 4.24. The van der Waals surface area contributed by atoms with Crippen LogP contribution >= 0.6 is 11.3 Å². The number of rotatable bonds is 3. The summed E-state index contributed by atoms with van der Waals surface area (Å²) < 4.78 is 7.23. The number of aromatic nitrogens is 1. The van der Waals surface area contributed by atoms with Gasteiger partial charge in [0.1, 0.15) is 6.10 Å². The average molecular weight is 366 g/mol. The number of nitrogens with zero attached hydrogens (tertiary/aromatic N) is 2. The fourth-order valence-electron chi connectivity index (χ4n) is 3.36. The Morgan fingerprint density at radius 2 is 1.92 bits per heavy atom. The van der Waals surface area contributed by atoms with E-state index >= 15 is 0 Å². The Morgan fingerprint density at radius 3 is 2.69 bits per heavy atom. The number of fused-ring (bicyclic) bond motifs is 1. The second-order valence-corrected chi connectivity index (χ2v) is 7.87. The van der Waals surface area contributed by atoms with Gasteiger partial charge in [-0.15, -0.1) is 0 Å². The first-order valence-corrected chi connectivity index (χ1v) is 9.80. The smallest absolute Gasteiger partial charge is 0.274 e. The van der Waals surface area contributed by atoms with Crippen LogP contribution in [0.1, 0.15) is 34.3 Å². The quantitative estimate of drug-likeness (QED) is 0.680. The van der Waals surface area contributed by atoms with Crippen LogP contribution in [0.3, 0.4) is 0 Å². The lowest BCUT2D eigenvalue weighted by Gasteiger charge is -2.32. The van der Waals surface area contributed by atoms with Crippen molar-refractivity contribution in [2.45, 2.75) is 32.8 Å². The molecule has 1 aliphatic heterocycles. The van der Waals surface area contributed by atoms with Gasteiger partial charge in [0.15, 0.2) is 0 Å². The SMILES string of the molecule is Cc1ccc(C)c(C(=O)N2CCC(Oc3nc4ccccc4s3)CC2)c1. The van der Waals surface area contributed by atoms with Crippen LogP contribution in [0.5, 0.6) is 5.19 Å². The highest BCUT2D eigenvalue weighted by molar-refractivity contribution is 7.20. The van der Waals surface area contributed by atoms with E-state index in [9.17, 15) is 4.79 Å². The van der Waals surface area contributed by atoms with Crippen LogP contribution in [-0.4, -0.2) is 35.0 Å². The van der Waals surface area contributed by atoms with E-state index in [-0.39, 0.29) is 12.0 Å². The number of likely N-dealkylation sites (tertiary alicyclic amines) is 1. The molecule has 1 amide bonds. The Bertz CT molecular complexity index is 909. The molecule has 134 valence electrons. The van der Waals surface area contributed by atoms with Crippen molar-refractivity contribution in [3.05, 3.63) is 59.2 Å². The van der Waals surface area contributed by atoms with Gasteiger partial charge in [0.05, 0.1) is 10.2 Å². The van der Waals surface area contributed by atoms with Crippen molar-refractivity contribution >= 4 is 27.5 Å². The fraction of sp³-hybridized carbons (Fsp3) is 0.333. The summed E-state index contributed by atoms with van der Waals surface area (Å²) in [5.74, 6) is 0.129. The third kappa shape index (κ3) is 3.44. The molecule has 0 N–H and O–H groups in total. The number of carbonyl (C=O) groups excluding carboxylic acids is 1. The number of piperidine rings is 1. The normalized spacial score (nSPS) is 15.4. The molecule has 26 heavy (non-hydrogen) atoms. The zero-order valence-corrected chi connectivity index (χ0v) is 15.9. The summed E-state index contributed by atoms with van der Waals surface area (Å²) in [6.45, 7) is 5.47. The predicted octanol–water partition coefficient (Wildman–Crippen LogP) is 4.60. The monoisotopic (exact) mass is 366 g/mol. The molecule has 0 radical (unpaired) electrons. The van der Waals surface area contributed by atoms with E-state index in [0.717, 1.165) is 58.0 Å². The molecule has 4 nitrogen and oxygen atoms in total. The minimum Gasteiger partial charge on any atom is -0.467 e. The molecule has 0 aliphatic carbocycles. The van der Waals surface area contributed by atoms with Gasteiger partial charge in [-0.2, -0.15) is 0 Å². The number of amides is 1. The van der Waals surface area contributed by atoms with Crippen molar-refractivity contribution in [1.29, 1.82) is 0 Å². The summed E-state index contributed by atoms with van der Waals surface area (Å²) in [6, 6.07) is 14.1. The zero-order valence-electron chi connectivity index (χ0n) is 15.1. The number of thiazole rings is 1. The van der Waals surface area contributed by atoms with Crippen LogP contribution in [0.2, 0.25) is 0 Å². The average Bonchev–Trinajstić information content (AvgIpc) is 3.06. The van der Waals surface area contributed by atoms with E-state index in [1.54, 1.807) is 11.3 Å².